The van der Waals surface area contributed by atoms with Crippen LogP contribution < -0.4 is 5.32 Å². The number of aromatic nitrogens is 2. The summed E-state index contributed by atoms with van der Waals surface area (Å²) in [5.74, 6) is 1.03. The zero-order chi connectivity index (χ0) is 13.8. The van der Waals surface area contributed by atoms with E-state index >= 15 is 0 Å². The molecule has 0 radical (unpaired) electrons. The van der Waals surface area contributed by atoms with E-state index in [0.717, 1.165) is 6.42 Å². The van der Waals surface area contributed by atoms with Crippen LogP contribution in [0.15, 0.2) is 12.1 Å². The summed E-state index contributed by atoms with van der Waals surface area (Å²) < 4.78 is 0. The summed E-state index contributed by atoms with van der Waals surface area (Å²) in [4.78, 5) is 21.7. The molecule has 2 aromatic heterocycles. The fourth-order valence-electron chi connectivity index (χ4n) is 1.66. The highest BCUT2D eigenvalue weighted by atomic mass is 35.5. The average Bonchev–Trinajstić information content (AvgIpc) is 2.83. The number of nitrogens with zero attached hydrogens (tertiary/aromatic N) is 2. The quantitative estimate of drug-likeness (QED) is 0.678. The van der Waals surface area contributed by atoms with Gasteiger partial charge in [-0.15, -0.1) is 11.3 Å². The second-order valence-electron chi connectivity index (χ2n) is 4.02. The fourth-order valence-corrected chi connectivity index (χ4v) is 2.82. The van der Waals surface area contributed by atoms with Gasteiger partial charge in [0.2, 0.25) is 0 Å². The predicted octanol–water partition coefficient (Wildman–Crippen LogP) is 3.49. The summed E-state index contributed by atoms with van der Waals surface area (Å²) in [7, 11) is 0. The van der Waals surface area contributed by atoms with E-state index in [0.29, 0.717) is 30.0 Å². The number of carbonyl (C=O) groups excluding carboxylic acids is 1. The monoisotopic (exact) mass is 295 g/mol. The van der Waals surface area contributed by atoms with Crippen LogP contribution in [-0.4, -0.2) is 16.3 Å². The van der Waals surface area contributed by atoms with E-state index in [1.807, 2.05) is 0 Å². The van der Waals surface area contributed by atoms with Crippen molar-refractivity contribution in [3.05, 3.63) is 38.4 Å². The Labute approximate surface area is 120 Å². The number of aldehydes is 1. The van der Waals surface area contributed by atoms with Crippen LogP contribution in [0.4, 0.5) is 5.82 Å². The van der Waals surface area contributed by atoms with Gasteiger partial charge in [-0.25, -0.2) is 9.97 Å². The number of aryl methyl sites for hydroxylation is 2. The molecular weight excluding hydrogens is 282 g/mol. The van der Waals surface area contributed by atoms with Crippen LogP contribution in [0.5, 0.6) is 0 Å². The summed E-state index contributed by atoms with van der Waals surface area (Å²) in [5.41, 5.74) is 0.305. The number of hydrogen-bond acceptors (Lipinski definition) is 5. The van der Waals surface area contributed by atoms with Crippen molar-refractivity contribution in [3.63, 3.8) is 0 Å². The van der Waals surface area contributed by atoms with Crippen LogP contribution in [0.2, 0.25) is 5.15 Å². The van der Waals surface area contributed by atoms with Crippen LogP contribution in [0, 0.1) is 6.92 Å². The van der Waals surface area contributed by atoms with Gasteiger partial charge in [-0.1, -0.05) is 18.5 Å². The van der Waals surface area contributed by atoms with Crippen LogP contribution in [0.3, 0.4) is 0 Å². The average molecular weight is 296 g/mol. The molecule has 0 aliphatic rings. The highest BCUT2D eigenvalue weighted by Gasteiger charge is 2.11. The molecule has 0 amide bonds. The molecule has 0 aliphatic heterocycles. The van der Waals surface area contributed by atoms with Crippen molar-refractivity contribution in [1.82, 2.24) is 9.97 Å². The van der Waals surface area contributed by atoms with Gasteiger partial charge in [0.05, 0.1) is 12.1 Å². The van der Waals surface area contributed by atoms with Gasteiger partial charge in [0.15, 0.2) is 6.29 Å². The highest BCUT2D eigenvalue weighted by Crippen LogP contribution is 2.22. The lowest BCUT2D eigenvalue weighted by atomic mass is 10.3. The summed E-state index contributed by atoms with van der Waals surface area (Å²) in [6.07, 6.45) is 1.71. The Balaban J connectivity index is 2.16. The largest absolute Gasteiger partial charge is 0.364 e. The van der Waals surface area contributed by atoms with E-state index in [2.05, 4.69) is 34.3 Å². The third kappa shape index (κ3) is 3.30. The molecule has 19 heavy (non-hydrogen) atoms. The van der Waals surface area contributed by atoms with Gasteiger partial charge in [0.25, 0.3) is 0 Å². The number of anilines is 1. The first kappa shape index (κ1) is 14.0. The van der Waals surface area contributed by atoms with Gasteiger partial charge in [0.1, 0.15) is 16.8 Å². The van der Waals surface area contributed by atoms with Gasteiger partial charge >= 0.3 is 0 Å². The topological polar surface area (TPSA) is 54.9 Å². The zero-order valence-electron chi connectivity index (χ0n) is 10.7. The molecule has 0 aromatic carbocycles. The van der Waals surface area contributed by atoms with Crippen molar-refractivity contribution < 1.29 is 4.79 Å². The van der Waals surface area contributed by atoms with Crippen molar-refractivity contribution in [1.29, 1.82) is 0 Å². The van der Waals surface area contributed by atoms with E-state index in [1.165, 1.54) is 9.75 Å². The molecule has 2 aromatic rings. The summed E-state index contributed by atoms with van der Waals surface area (Å²) in [5, 5.41) is 3.33. The number of rotatable bonds is 5. The molecule has 0 unspecified atom stereocenters. The molecule has 4 nitrogen and oxygen atoms in total. The van der Waals surface area contributed by atoms with Crippen molar-refractivity contribution in [2.75, 3.05) is 5.32 Å². The minimum absolute atomic E-state index is 0.186. The summed E-state index contributed by atoms with van der Waals surface area (Å²) in [6.45, 7) is 4.49. The molecule has 0 saturated carbocycles. The van der Waals surface area contributed by atoms with E-state index in [4.69, 9.17) is 11.6 Å². The fraction of sp³-hybridized carbons (Fsp3) is 0.308. The standard InChI is InChI=1S/C13H14ClN3OS/c1-3-9-4-5-10(19-9)6-15-13-11(7-18)12(14)16-8(2)17-13/h4-5,7H,3,6H2,1-2H3,(H,15,16,17). The Kier molecular flexibility index (Phi) is 4.50. The number of thiophene rings is 1. The smallest absolute Gasteiger partial charge is 0.156 e. The number of hydrogen-bond donors (Lipinski definition) is 1. The molecule has 0 spiro atoms. The number of nitrogens with one attached hydrogen (secondary N) is 1. The molecule has 0 saturated heterocycles. The van der Waals surface area contributed by atoms with E-state index in [1.54, 1.807) is 18.3 Å². The van der Waals surface area contributed by atoms with Gasteiger partial charge in [-0.3, -0.25) is 4.79 Å². The van der Waals surface area contributed by atoms with Crippen molar-refractivity contribution in [3.8, 4) is 0 Å². The van der Waals surface area contributed by atoms with Gasteiger partial charge in [-0.2, -0.15) is 0 Å². The third-order valence-corrected chi connectivity index (χ3v) is 4.14. The molecule has 0 bridgehead atoms. The molecule has 1 N–H and O–H groups in total. The van der Waals surface area contributed by atoms with Crippen molar-refractivity contribution in [2.45, 2.75) is 26.8 Å². The van der Waals surface area contributed by atoms with Crippen LogP contribution >= 0.6 is 22.9 Å². The van der Waals surface area contributed by atoms with E-state index in [-0.39, 0.29) is 5.15 Å². The molecule has 0 aliphatic carbocycles. The van der Waals surface area contributed by atoms with Gasteiger partial charge in [0, 0.05) is 9.75 Å². The minimum atomic E-state index is 0.186. The van der Waals surface area contributed by atoms with Crippen LogP contribution in [0.1, 0.15) is 32.9 Å². The minimum Gasteiger partial charge on any atom is -0.364 e. The van der Waals surface area contributed by atoms with Gasteiger partial charge in [-0.05, 0) is 25.5 Å². The molecule has 6 heteroatoms. The molecule has 2 heterocycles. The Hall–Kier alpha value is -1.46. The maximum absolute atomic E-state index is 11.0. The Morgan fingerprint density at radius 2 is 2.11 bits per heavy atom. The first-order valence-electron chi connectivity index (χ1n) is 5.94. The second kappa shape index (κ2) is 6.12. The molecule has 0 fully saturated rings. The van der Waals surface area contributed by atoms with Crippen LogP contribution in [-0.2, 0) is 13.0 Å². The zero-order valence-corrected chi connectivity index (χ0v) is 12.3. The number of halogens is 1. The van der Waals surface area contributed by atoms with Crippen molar-refractivity contribution >= 4 is 35.0 Å². The van der Waals surface area contributed by atoms with E-state index in [9.17, 15) is 4.79 Å². The normalized spacial score (nSPS) is 10.5. The first-order valence-corrected chi connectivity index (χ1v) is 7.14. The Morgan fingerprint density at radius 1 is 1.37 bits per heavy atom. The maximum atomic E-state index is 11.0. The molecule has 100 valence electrons. The summed E-state index contributed by atoms with van der Waals surface area (Å²) >= 11 is 7.67. The lowest BCUT2D eigenvalue weighted by Gasteiger charge is -2.08. The maximum Gasteiger partial charge on any atom is 0.156 e. The SMILES string of the molecule is CCc1ccc(CNc2nc(C)nc(Cl)c2C=O)s1. The van der Waals surface area contributed by atoms with Gasteiger partial charge < -0.3 is 5.32 Å². The lowest BCUT2D eigenvalue weighted by Crippen LogP contribution is -2.06. The molecular formula is C13H14ClN3OS. The lowest BCUT2D eigenvalue weighted by molar-refractivity contribution is 0.112. The molecule has 0 atom stereocenters. The second-order valence-corrected chi connectivity index (χ2v) is 5.63. The van der Waals surface area contributed by atoms with Crippen molar-refractivity contribution in [2.24, 2.45) is 0 Å². The predicted molar refractivity (Wildman–Crippen MR) is 78.2 cm³/mol. The highest BCUT2D eigenvalue weighted by molar-refractivity contribution is 7.12. The van der Waals surface area contributed by atoms with E-state index < -0.39 is 0 Å². The Bertz CT molecular complexity index is 598. The first-order chi connectivity index (χ1) is 9.13. The Morgan fingerprint density at radius 3 is 2.74 bits per heavy atom. The van der Waals surface area contributed by atoms with Crippen LogP contribution in [0.25, 0.3) is 0 Å². The molecule has 2 rings (SSSR count). The number of carbonyl (C=O) groups is 1. The third-order valence-electron chi connectivity index (χ3n) is 2.62. The summed E-state index contributed by atoms with van der Waals surface area (Å²) in [6, 6.07) is 4.19.